The van der Waals surface area contributed by atoms with Crippen LogP contribution in [0.15, 0.2) is 24.5 Å². The number of aliphatic hydroxyl groups excluding tert-OH is 1. The van der Waals surface area contributed by atoms with Crippen LogP contribution in [0.3, 0.4) is 0 Å². The highest BCUT2D eigenvalue weighted by Gasteiger charge is 2.18. The Bertz CT molecular complexity index is 621. The van der Waals surface area contributed by atoms with Crippen molar-refractivity contribution in [1.29, 1.82) is 0 Å². The predicted molar refractivity (Wildman–Crippen MR) is 87.3 cm³/mol. The van der Waals surface area contributed by atoms with Gasteiger partial charge in [0, 0.05) is 18.9 Å². The Labute approximate surface area is 135 Å². The lowest BCUT2D eigenvalue weighted by atomic mass is 10.1. The Morgan fingerprint density at radius 2 is 2.00 bits per heavy atom. The molecule has 2 heterocycles. The Morgan fingerprint density at radius 1 is 1.22 bits per heavy atom. The first-order valence-electron chi connectivity index (χ1n) is 7.43. The molecule has 0 radical (unpaired) electrons. The number of anilines is 2. The molecule has 0 aromatic carbocycles. The van der Waals surface area contributed by atoms with Crippen LogP contribution in [0.25, 0.3) is 0 Å². The fourth-order valence-electron chi connectivity index (χ4n) is 1.71. The van der Waals surface area contributed by atoms with Gasteiger partial charge in [-0.1, -0.05) is 6.07 Å². The van der Waals surface area contributed by atoms with Crippen LogP contribution in [0, 0.1) is 0 Å². The zero-order valence-electron chi connectivity index (χ0n) is 13.6. The van der Waals surface area contributed by atoms with E-state index in [0.717, 1.165) is 5.56 Å². The fraction of sp³-hybridized carbons (Fsp3) is 0.467. The highest BCUT2D eigenvalue weighted by atomic mass is 16.5. The summed E-state index contributed by atoms with van der Waals surface area (Å²) in [6, 6.07) is 4.05. The minimum Gasteiger partial charge on any atom is -0.464 e. The average Bonchev–Trinajstić information content (AvgIpc) is 2.54. The van der Waals surface area contributed by atoms with Gasteiger partial charge >= 0.3 is 6.01 Å². The molecule has 2 rings (SSSR count). The van der Waals surface area contributed by atoms with E-state index >= 15 is 0 Å². The van der Waals surface area contributed by atoms with Gasteiger partial charge in [0.15, 0.2) is 0 Å². The Hall–Kier alpha value is -2.48. The van der Waals surface area contributed by atoms with Crippen molar-refractivity contribution >= 4 is 11.9 Å². The van der Waals surface area contributed by atoms with E-state index in [1.54, 1.807) is 12.4 Å². The van der Waals surface area contributed by atoms with Gasteiger partial charge in [-0.3, -0.25) is 4.98 Å². The van der Waals surface area contributed by atoms with Crippen LogP contribution in [0.4, 0.5) is 11.9 Å². The minimum atomic E-state index is -0.550. The molecule has 3 N–H and O–H groups in total. The second-order valence-corrected chi connectivity index (χ2v) is 5.58. The van der Waals surface area contributed by atoms with Gasteiger partial charge in [0.2, 0.25) is 11.9 Å². The van der Waals surface area contributed by atoms with E-state index < -0.39 is 5.54 Å². The molecule has 0 bridgehead atoms. The number of nitrogens with zero attached hydrogens (tertiary/aromatic N) is 4. The topological polar surface area (TPSA) is 105 Å². The number of hydrogen-bond donors (Lipinski definition) is 3. The van der Waals surface area contributed by atoms with Crippen molar-refractivity contribution in [2.24, 2.45) is 0 Å². The third-order valence-corrected chi connectivity index (χ3v) is 2.91. The lowest BCUT2D eigenvalue weighted by molar-refractivity contribution is 0.233. The summed E-state index contributed by atoms with van der Waals surface area (Å²) < 4.78 is 5.37. The van der Waals surface area contributed by atoms with Crippen molar-refractivity contribution in [1.82, 2.24) is 19.9 Å². The number of hydrogen-bond acceptors (Lipinski definition) is 8. The zero-order chi connectivity index (χ0) is 16.7. The monoisotopic (exact) mass is 318 g/mol. The summed E-state index contributed by atoms with van der Waals surface area (Å²) in [4.78, 5) is 16.8. The number of ether oxygens (including phenoxy) is 1. The van der Waals surface area contributed by atoms with E-state index in [0.29, 0.717) is 25.0 Å². The highest BCUT2D eigenvalue weighted by molar-refractivity contribution is 5.38. The number of rotatable bonds is 8. The molecule has 0 unspecified atom stereocenters. The zero-order valence-corrected chi connectivity index (χ0v) is 13.6. The van der Waals surface area contributed by atoms with Crippen molar-refractivity contribution in [2.45, 2.75) is 32.9 Å². The molecule has 23 heavy (non-hydrogen) atoms. The first-order valence-corrected chi connectivity index (χ1v) is 7.43. The summed E-state index contributed by atoms with van der Waals surface area (Å²) in [7, 11) is 0. The number of aromatic nitrogens is 4. The Kier molecular flexibility index (Phi) is 5.64. The van der Waals surface area contributed by atoms with Gasteiger partial charge in [-0.15, -0.1) is 0 Å². The van der Waals surface area contributed by atoms with Gasteiger partial charge in [0.1, 0.15) is 0 Å². The van der Waals surface area contributed by atoms with Crippen molar-refractivity contribution in [2.75, 3.05) is 23.8 Å². The standard InChI is InChI=1S/C15H22N6O2/c1-4-23-14-19-12(17-9-11-6-5-7-16-8-11)18-13(20-14)21-15(2,3)10-22/h5-8,22H,4,9-10H2,1-3H3,(H2,17,18,19,20,21). The summed E-state index contributed by atoms with van der Waals surface area (Å²) >= 11 is 0. The van der Waals surface area contributed by atoms with E-state index in [1.807, 2.05) is 32.9 Å². The van der Waals surface area contributed by atoms with E-state index in [9.17, 15) is 5.11 Å². The third-order valence-electron chi connectivity index (χ3n) is 2.91. The van der Waals surface area contributed by atoms with Crippen molar-refractivity contribution in [3.63, 3.8) is 0 Å². The lowest BCUT2D eigenvalue weighted by Gasteiger charge is -2.23. The average molecular weight is 318 g/mol. The molecule has 0 atom stereocenters. The molecule has 2 aromatic heterocycles. The van der Waals surface area contributed by atoms with Gasteiger partial charge < -0.3 is 20.5 Å². The molecule has 0 fully saturated rings. The molecule has 8 nitrogen and oxygen atoms in total. The maximum absolute atomic E-state index is 9.36. The van der Waals surface area contributed by atoms with Gasteiger partial charge in [-0.25, -0.2) is 0 Å². The molecule has 2 aromatic rings. The molecule has 0 aliphatic carbocycles. The first-order chi connectivity index (χ1) is 11.0. The minimum absolute atomic E-state index is 0.0545. The maximum atomic E-state index is 9.36. The second kappa shape index (κ2) is 7.68. The van der Waals surface area contributed by atoms with Gasteiger partial charge in [-0.05, 0) is 32.4 Å². The van der Waals surface area contributed by atoms with Gasteiger partial charge in [0.05, 0.1) is 18.8 Å². The van der Waals surface area contributed by atoms with Crippen molar-refractivity contribution in [3.8, 4) is 6.01 Å². The smallest absolute Gasteiger partial charge is 0.323 e. The molecular formula is C15H22N6O2. The lowest BCUT2D eigenvalue weighted by Crippen LogP contribution is -2.35. The number of nitrogens with one attached hydrogen (secondary N) is 2. The largest absolute Gasteiger partial charge is 0.464 e. The maximum Gasteiger partial charge on any atom is 0.323 e. The molecule has 0 aliphatic heterocycles. The molecule has 124 valence electrons. The fourth-order valence-corrected chi connectivity index (χ4v) is 1.71. The van der Waals surface area contributed by atoms with E-state index in [1.165, 1.54) is 0 Å². The van der Waals surface area contributed by atoms with Crippen LogP contribution in [-0.2, 0) is 6.54 Å². The predicted octanol–water partition coefficient (Wildman–Crippen LogP) is 1.46. The Balaban J connectivity index is 2.15. The summed E-state index contributed by atoms with van der Waals surface area (Å²) in [6.07, 6.45) is 3.49. The van der Waals surface area contributed by atoms with E-state index in [-0.39, 0.29) is 12.6 Å². The molecule has 0 saturated carbocycles. The van der Waals surface area contributed by atoms with Crippen LogP contribution < -0.4 is 15.4 Å². The normalized spacial score (nSPS) is 11.1. The van der Waals surface area contributed by atoms with Crippen LogP contribution >= 0.6 is 0 Å². The molecule has 0 spiro atoms. The summed E-state index contributed by atoms with van der Waals surface area (Å²) in [5.74, 6) is 0.736. The van der Waals surface area contributed by atoms with Crippen LogP contribution in [0.5, 0.6) is 6.01 Å². The van der Waals surface area contributed by atoms with E-state index in [4.69, 9.17) is 4.74 Å². The highest BCUT2D eigenvalue weighted by Crippen LogP contribution is 2.16. The SMILES string of the molecule is CCOc1nc(NCc2cccnc2)nc(NC(C)(C)CO)n1. The van der Waals surface area contributed by atoms with Crippen LogP contribution in [0.2, 0.25) is 0 Å². The molecule has 0 amide bonds. The first kappa shape index (κ1) is 16.9. The van der Waals surface area contributed by atoms with E-state index in [2.05, 4.69) is 30.6 Å². The molecule has 0 aliphatic rings. The number of pyridine rings is 1. The Morgan fingerprint density at radius 3 is 2.65 bits per heavy atom. The van der Waals surface area contributed by atoms with Gasteiger partial charge in [0.25, 0.3) is 0 Å². The summed E-state index contributed by atoms with van der Waals surface area (Å²) in [5.41, 5.74) is 0.460. The molecule has 8 heteroatoms. The summed E-state index contributed by atoms with van der Waals surface area (Å²) in [5, 5.41) is 15.5. The molecular weight excluding hydrogens is 296 g/mol. The van der Waals surface area contributed by atoms with Crippen LogP contribution in [0.1, 0.15) is 26.3 Å². The summed E-state index contributed by atoms with van der Waals surface area (Å²) in [6.45, 7) is 6.49. The second-order valence-electron chi connectivity index (χ2n) is 5.58. The molecule has 0 saturated heterocycles. The van der Waals surface area contributed by atoms with Crippen molar-refractivity contribution < 1.29 is 9.84 Å². The quantitative estimate of drug-likeness (QED) is 0.672. The number of aliphatic hydroxyl groups is 1. The van der Waals surface area contributed by atoms with Gasteiger partial charge in [-0.2, -0.15) is 15.0 Å². The van der Waals surface area contributed by atoms with Crippen LogP contribution in [-0.4, -0.2) is 43.8 Å². The third kappa shape index (κ3) is 5.33. The van der Waals surface area contributed by atoms with Crippen molar-refractivity contribution in [3.05, 3.63) is 30.1 Å².